The molecule has 1 aliphatic heterocycles. The summed E-state index contributed by atoms with van der Waals surface area (Å²) in [5, 5.41) is 12.2. The van der Waals surface area contributed by atoms with Gasteiger partial charge in [-0.2, -0.15) is 5.10 Å². The van der Waals surface area contributed by atoms with Crippen LogP contribution in [0.3, 0.4) is 0 Å². The van der Waals surface area contributed by atoms with Crippen LogP contribution in [-0.2, 0) is 11.3 Å². The number of hydrogen-bond donors (Lipinski definition) is 1. The zero-order chi connectivity index (χ0) is 11.4. The summed E-state index contributed by atoms with van der Waals surface area (Å²) in [6, 6.07) is 0. The van der Waals surface area contributed by atoms with Crippen LogP contribution in [0.2, 0.25) is 0 Å². The van der Waals surface area contributed by atoms with Crippen LogP contribution in [0.25, 0.3) is 0 Å². The molecule has 0 unspecified atom stereocenters. The van der Waals surface area contributed by atoms with Crippen LogP contribution in [0.15, 0.2) is 12.4 Å². The summed E-state index contributed by atoms with van der Waals surface area (Å²) in [4.78, 5) is 2.04. The van der Waals surface area contributed by atoms with E-state index in [0.29, 0.717) is 12.4 Å². The Morgan fingerprint density at radius 1 is 1.50 bits per heavy atom. The zero-order valence-corrected chi connectivity index (χ0v) is 9.65. The first-order valence-electron chi connectivity index (χ1n) is 5.67. The number of hydrogen-bond acceptors (Lipinski definition) is 3. The Morgan fingerprint density at radius 3 is 3.12 bits per heavy atom. The Balaban J connectivity index is 2.02. The first kappa shape index (κ1) is 11.1. The van der Waals surface area contributed by atoms with E-state index in [1.165, 1.54) is 0 Å². The van der Waals surface area contributed by atoms with Gasteiger partial charge in [0.05, 0.1) is 25.0 Å². The minimum absolute atomic E-state index is 0.665. The normalized spacial score (nSPS) is 16.8. The van der Waals surface area contributed by atoms with Crippen molar-refractivity contribution in [3.8, 4) is 0 Å². The molecule has 0 saturated carbocycles. The molecule has 0 amide bonds. The van der Waals surface area contributed by atoms with Crippen molar-refractivity contribution in [1.82, 2.24) is 9.78 Å². The summed E-state index contributed by atoms with van der Waals surface area (Å²) in [6.45, 7) is 2.37. The number of piperidine rings is 1. The molecule has 2 rings (SSSR count). The maximum Gasteiger partial charge on any atom is 0.100 e. The van der Waals surface area contributed by atoms with Crippen molar-refractivity contribution in [3.05, 3.63) is 12.4 Å². The van der Waals surface area contributed by atoms with Gasteiger partial charge in [-0.3, -0.25) is 10.1 Å². The molecule has 0 aliphatic carbocycles. The van der Waals surface area contributed by atoms with E-state index in [9.17, 15) is 0 Å². The van der Waals surface area contributed by atoms with Crippen LogP contribution < -0.4 is 4.90 Å². The van der Waals surface area contributed by atoms with E-state index in [4.69, 9.17) is 10.1 Å². The molecule has 0 bridgehead atoms. The molecule has 0 aromatic carbocycles. The van der Waals surface area contributed by atoms with E-state index in [2.05, 4.69) is 5.10 Å². The van der Waals surface area contributed by atoms with Crippen LogP contribution in [-0.4, -0.2) is 35.9 Å². The molecule has 1 saturated heterocycles. The van der Waals surface area contributed by atoms with Crippen molar-refractivity contribution in [3.63, 3.8) is 0 Å². The Bertz CT molecular complexity index is 361. The summed E-state index contributed by atoms with van der Waals surface area (Å²) >= 11 is 0. The van der Waals surface area contributed by atoms with Gasteiger partial charge in [0.15, 0.2) is 0 Å². The standard InChI is InChI=1S/C11H18N4O/c1-16-7-6-14-9-10(8-13-14)15-5-3-2-4-11(15)12/h8-9,12H,2-7H2,1H3. The van der Waals surface area contributed by atoms with Crippen molar-refractivity contribution in [2.24, 2.45) is 0 Å². The second-order valence-electron chi connectivity index (χ2n) is 4.01. The number of nitrogens with zero attached hydrogens (tertiary/aromatic N) is 3. The van der Waals surface area contributed by atoms with Gasteiger partial charge >= 0.3 is 0 Å². The second kappa shape index (κ2) is 5.12. The molecular formula is C11H18N4O. The quantitative estimate of drug-likeness (QED) is 0.840. The van der Waals surface area contributed by atoms with Gasteiger partial charge in [0.1, 0.15) is 5.84 Å². The highest BCUT2D eigenvalue weighted by atomic mass is 16.5. The summed E-state index contributed by atoms with van der Waals surface area (Å²) in [5.74, 6) is 0.706. The third kappa shape index (κ3) is 2.41. The number of nitrogens with one attached hydrogen (secondary N) is 1. The van der Waals surface area contributed by atoms with Gasteiger partial charge in [-0.25, -0.2) is 0 Å². The molecule has 88 valence electrons. The molecule has 5 heteroatoms. The zero-order valence-electron chi connectivity index (χ0n) is 9.65. The summed E-state index contributed by atoms with van der Waals surface area (Å²) in [6.07, 6.45) is 6.98. The molecule has 0 radical (unpaired) electrons. The first-order chi connectivity index (χ1) is 7.81. The van der Waals surface area contributed by atoms with Crippen LogP contribution in [0, 0.1) is 5.41 Å². The maximum atomic E-state index is 7.89. The van der Waals surface area contributed by atoms with Crippen molar-refractivity contribution < 1.29 is 4.74 Å². The molecule has 0 spiro atoms. The van der Waals surface area contributed by atoms with Gasteiger partial charge in [-0.05, 0) is 12.8 Å². The van der Waals surface area contributed by atoms with Gasteiger partial charge in [0, 0.05) is 26.3 Å². The van der Waals surface area contributed by atoms with Gasteiger partial charge in [-0.1, -0.05) is 0 Å². The molecule has 5 nitrogen and oxygen atoms in total. The SMILES string of the molecule is COCCn1cc(N2CCCCC2=N)cn1. The summed E-state index contributed by atoms with van der Waals surface area (Å²) in [7, 11) is 1.69. The molecule has 1 aromatic rings. The van der Waals surface area contributed by atoms with Crippen molar-refractivity contribution in [2.75, 3.05) is 25.2 Å². The van der Waals surface area contributed by atoms with Crippen molar-refractivity contribution >= 4 is 11.5 Å². The lowest BCUT2D eigenvalue weighted by molar-refractivity contribution is 0.183. The lowest BCUT2D eigenvalue weighted by Crippen LogP contribution is -2.34. The van der Waals surface area contributed by atoms with Crippen LogP contribution >= 0.6 is 0 Å². The molecular weight excluding hydrogens is 204 g/mol. The fraction of sp³-hybridized carbons (Fsp3) is 0.636. The molecule has 0 atom stereocenters. The van der Waals surface area contributed by atoms with Crippen molar-refractivity contribution in [1.29, 1.82) is 5.41 Å². The molecule has 16 heavy (non-hydrogen) atoms. The lowest BCUT2D eigenvalue weighted by Gasteiger charge is -2.27. The second-order valence-corrected chi connectivity index (χ2v) is 4.01. The maximum absolute atomic E-state index is 7.89. The van der Waals surface area contributed by atoms with Gasteiger partial charge in [0.2, 0.25) is 0 Å². The van der Waals surface area contributed by atoms with Crippen LogP contribution in [0.4, 0.5) is 5.69 Å². The predicted octanol–water partition coefficient (Wildman–Crippen LogP) is 1.50. The third-order valence-electron chi connectivity index (χ3n) is 2.83. The molecule has 1 aromatic heterocycles. The van der Waals surface area contributed by atoms with Gasteiger partial charge < -0.3 is 9.64 Å². The average Bonchev–Trinajstić information content (AvgIpc) is 2.75. The number of methoxy groups -OCH3 is 1. The Morgan fingerprint density at radius 2 is 2.38 bits per heavy atom. The van der Waals surface area contributed by atoms with Gasteiger partial charge in [-0.15, -0.1) is 0 Å². The van der Waals surface area contributed by atoms with E-state index < -0.39 is 0 Å². The number of ether oxygens (including phenoxy) is 1. The fourth-order valence-corrected chi connectivity index (χ4v) is 1.92. The predicted molar refractivity (Wildman–Crippen MR) is 63.0 cm³/mol. The topological polar surface area (TPSA) is 54.1 Å². The van der Waals surface area contributed by atoms with E-state index in [0.717, 1.165) is 38.0 Å². The lowest BCUT2D eigenvalue weighted by atomic mass is 10.1. The van der Waals surface area contributed by atoms with E-state index in [1.54, 1.807) is 7.11 Å². The Hall–Kier alpha value is -1.36. The highest BCUT2D eigenvalue weighted by molar-refractivity contribution is 5.95. The average molecular weight is 222 g/mol. The molecule has 1 aliphatic rings. The molecule has 1 N–H and O–H groups in total. The van der Waals surface area contributed by atoms with Crippen molar-refractivity contribution in [2.45, 2.75) is 25.8 Å². The Labute approximate surface area is 95.5 Å². The smallest absolute Gasteiger partial charge is 0.100 e. The van der Waals surface area contributed by atoms with E-state index in [-0.39, 0.29) is 0 Å². The monoisotopic (exact) mass is 222 g/mol. The summed E-state index contributed by atoms with van der Waals surface area (Å²) < 4.78 is 6.87. The number of aromatic nitrogens is 2. The highest BCUT2D eigenvalue weighted by Crippen LogP contribution is 2.19. The number of amidine groups is 1. The fourth-order valence-electron chi connectivity index (χ4n) is 1.92. The van der Waals surface area contributed by atoms with E-state index in [1.807, 2.05) is 22.0 Å². The Kier molecular flexibility index (Phi) is 3.56. The molecule has 1 fully saturated rings. The first-order valence-corrected chi connectivity index (χ1v) is 5.67. The highest BCUT2D eigenvalue weighted by Gasteiger charge is 2.17. The third-order valence-corrected chi connectivity index (χ3v) is 2.83. The number of anilines is 1. The number of rotatable bonds is 4. The summed E-state index contributed by atoms with van der Waals surface area (Å²) in [5.41, 5.74) is 1.03. The largest absolute Gasteiger partial charge is 0.383 e. The van der Waals surface area contributed by atoms with Crippen LogP contribution in [0.5, 0.6) is 0 Å². The van der Waals surface area contributed by atoms with E-state index >= 15 is 0 Å². The minimum atomic E-state index is 0.665. The van der Waals surface area contributed by atoms with Gasteiger partial charge in [0.25, 0.3) is 0 Å². The minimum Gasteiger partial charge on any atom is -0.383 e. The molecule has 2 heterocycles. The van der Waals surface area contributed by atoms with Crippen LogP contribution in [0.1, 0.15) is 19.3 Å².